The second kappa shape index (κ2) is 7.03. The van der Waals surface area contributed by atoms with Gasteiger partial charge in [0.1, 0.15) is 6.07 Å². The summed E-state index contributed by atoms with van der Waals surface area (Å²) < 4.78 is 30.4. The molecular formula is C22H19F2N. The van der Waals surface area contributed by atoms with Crippen LogP contribution in [0.15, 0.2) is 72.1 Å². The maximum atomic E-state index is 15.7. The van der Waals surface area contributed by atoms with Crippen molar-refractivity contribution in [3.05, 3.63) is 83.2 Å². The highest BCUT2D eigenvalue weighted by molar-refractivity contribution is 5.70. The fourth-order valence-electron chi connectivity index (χ4n) is 3.29. The van der Waals surface area contributed by atoms with E-state index in [1.54, 1.807) is 24.3 Å². The Morgan fingerprint density at radius 2 is 1.96 bits per heavy atom. The molecule has 1 aliphatic carbocycles. The quantitative estimate of drug-likeness (QED) is 0.654. The van der Waals surface area contributed by atoms with Crippen molar-refractivity contribution in [1.29, 1.82) is 5.26 Å². The van der Waals surface area contributed by atoms with Crippen LogP contribution < -0.4 is 0 Å². The molecule has 1 atom stereocenters. The molecule has 0 fully saturated rings. The van der Waals surface area contributed by atoms with Crippen molar-refractivity contribution < 1.29 is 8.78 Å². The van der Waals surface area contributed by atoms with Crippen LogP contribution in [0.4, 0.5) is 8.78 Å². The molecule has 0 spiro atoms. The summed E-state index contributed by atoms with van der Waals surface area (Å²) in [6.07, 6.45) is 4.71. The van der Waals surface area contributed by atoms with Crippen molar-refractivity contribution in [3.63, 3.8) is 0 Å². The normalized spacial score (nSPS) is 19.8. The Morgan fingerprint density at radius 1 is 1.16 bits per heavy atom. The zero-order chi connectivity index (χ0) is 17.9. The number of hydrogen-bond acceptors (Lipinski definition) is 1. The van der Waals surface area contributed by atoms with Crippen LogP contribution in [-0.2, 0) is 12.1 Å². The average Bonchev–Trinajstić information content (AvgIpc) is 2.64. The summed E-state index contributed by atoms with van der Waals surface area (Å²) in [5.74, 6) is -1.00. The third-order valence-electron chi connectivity index (χ3n) is 4.52. The summed E-state index contributed by atoms with van der Waals surface area (Å²) >= 11 is 0. The lowest BCUT2D eigenvalue weighted by Crippen LogP contribution is -2.24. The lowest BCUT2D eigenvalue weighted by atomic mass is 9.81. The van der Waals surface area contributed by atoms with Gasteiger partial charge in [-0.15, -0.1) is 0 Å². The highest BCUT2D eigenvalue weighted by Crippen LogP contribution is 2.46. The number of halogens is 2. The Morgan fingerprint density at radius 3 is 2.72 bits per heavy atom. The van der Waals surface area contributed by atoms with Crippen LogP contribution in [0.5, 0.6) is 0 Å². The Hall–Kier alpha value is -2.73. The average molecular weight is 335 g/mol. The minimum atomic E-state index is -2.31. The van der Waals surface area contributed by atoms with Gasteiger partial charge in [0, 0.05) is 12.0 Å². The van der Waals surface area contributed by atoms with Crippen molar-refractivity contribution in [2.75, 3.05) is 0 Å². The summed E-state index contributed by atoms with van der Waals surface area (Å²) in [6, 6.07) is 16.6. The van der Waals surface area contributed by atoms with Crippen molar-refractivity contribution in [2.24, 2.45) is 0 Å². The molecule has 3 rings (SSSR count). The van der Waals surface area contributed by atoms with E-state index in [1.807, 2.05) is 30.3 Å². The number of benzene rings is 2. The first kappa shape index (κ1) is 17.1. The van der Waals surface area contributed by atoms with Crippen molar-refractivity contribution >= 4 is 0 Å². The molecule has 25 heavy (non-hydrogen) atoms. The van der Waals surface area contributed by atoms with Gasteiger partial charge >= 0.3 is 0 Å². The van der Waals surface area contributed by atoms with E-state index in [0.717, 1.165) is 18.4 Å². The van der Waals surface area contributed by atoms with Crippen molar-refractivity contribution in [3.8, 4) is 17.2 Å². The Balaban J connectivity index is 2.15. The molecule has 0 aromatic heterocycles. The van der Waals surface area contributed by atoms with Gasteiger partial charge in [-0.3, -0.25) is 0 Å². The fraction of sp³-hybridized carbons (Fsp3) is 0.227. The number of nitrogens with zero attached hydrogens (tertiary/aromatic N) is 1. The van der Waals surface area contributed by atoms with E-state index >= 15 is 4.39 Å². The van der Waals surface area contributed by atoms with Crippen LogP contribution in [0.2, 0.25) is 0 Å². The van der Waals surface area contributed by atoms with Crippen LogP contribution in [0.1, 0.15) is 30.9 Å². The maximum absolute atomic E-state index is 15.7. The van der Waals surface area contributed by atoms with Crippen molar-refractivity contribution in [2.45, 2.75) is 31.9 Å². The summed E-state index contributed by atoms with van der Waals surface area (Å²) in [7, 11) is 0. The zero-order valence-electron chi connectivity index (χ0n) is 14.1. The van der Waals surface area contributed by atoms with Gasteiger partial charge in [0.05, 0.1) is 5.57 Å². The maximum Gasteiger partial charge on any atom is 0.192 e. The van der Waals surface area contributed by atoms with Gasteiger partial charge in [0.25, 0.3) is 0 Å². The summed E-state index contributed by atoms with van der Waals surface area (Å²) in [6.45, 7) is 2.11. The van der Waals surface area contributed by atoms with Crippen LogP contribution in [0, 0.1) is 11.3 Å². The molecule has 2 aromatic rings. The van der Waals surface area contributed by atoms with E-state index in [0.29, 0.717) is 5.56 Å². The standard InChI is InChI=1S/C22H19F2N/c1-2-7-16-8-5-9-17(14-16)19-11-3-4-12-20(19)22(24)13-6-10-18(15-25)21(22)23/h3-6,8-12,14H,2,7,13H2,1H3. The first-order chi connectivity index (χ1) is 12.1. The first-order valence-corrected chi connectivity index (χ1v) is 8.44. The van der Waals surface area contributed by atoms with Gasteiger partial charge < -0.3 is 0 Å². The van der Waals surface area contributed by atoms with Gasteiger partial charge in [-0.1, -0.05) is 68.0 Å². The molecule has 1 nitrogen and oxygen atoms in total. The van der Waals surface area contributed by atoms with Gasteiger partial charge in [-0.2, -0.15) is 5.26 Å². The molecule has 1 aliphatic rings. The van der Waals surface area contributed by atoms with E-state index in [2.05, 4.69) is 6.92 Å². The summed E-state index contributed by atoms with van der Waals surface area (Å²) in [4.78, 5) is 0. The molecule has 0 N–H and O–H groups in total. The second-order valence-electron chi connectivity index (χ2n) is 6.24. The van der Waals surface area contributed by atoms with Gasteiger partial charge in [0.2, 0.25) is 0 Å². The first-order valence-electron chi connectivity index (χ1n) is 8.44. The Bertz CT molecular complexity index is 889. The SMILES string of the molecule is CCCc1cccc(-c2ccccc2C2(F)CC=CC(C#N)=C2F)c1. The highest BCUT2D eigenvalue weighted by Gasteiger charge is 2.41. The van der Waals surface area contributed by atoms with Gasteiger partial charge in [-0.05, 0) is 29.2 Å². The molecule has 0 saturated carbocycles. The molecule has 2 aromatic carbocycles. The van der Waals surface area contributed by atoms with Crippen LogP contribution in [-0.4, -0.2) is 0 Å². The predicted molar refractivity (Wildman–Crippen MR) is 96.2 cm³/mol. The Labute approximate surface area is 146 Å². The monoisotopic (exact) mass is 335 g/mol. The third-order valence-corrected chi connectivity index (χ3v) is 4.52. The number of alkyl halides is 1. The molecule has 3 heteroatoms. The largest absolute Gasteiger partial charge is 0.230 e. The fourth-order valence-corrected chi connectivity index (χ4v) is 3.29. The molecule has 0 bridgehead atoms. The molecule has 0 amide bonds. The van der Waals surface area contributed by atoms with E-state index in [-0.39, 0.29) is 17.6 Å². The minimum absolute atomic E-state index is 0.115. The smallest absolute Gasteiger partial charge is 0.192 e. The third kappa shape index (κ3) is 3.13. The van der Waals surface area contributed by atoms with Gasteiger partial charge in [-0.25, -0.2) is 8.78 Å². The second-order valence-corrected chi connectivity index (χ2v) is 6.24. The number of allylic oxidation sites excluding steroid dienone is 4. The van der Waals surface area contributed by atoms with E-state index in [1.165, 1.54) is 17.7 Å². The molecule has 126 valence electrons. The van der Waals surface area contributed by atoms with E-state index in [4.69, 9.17) is 5.26 Å². The zero-order valence-corrected chi connectivity index (χ0v) is 14.1. The van der Waals surface area contributed by atoms with Gasteiger partial charge in [0.15, 0.2) is 11.5 Å². The number of hydrogen-bond donors (Lipinski definition) is 0. The predicted octanol–water partition coefficient (Wildman–Crippen LogP) is 6.18. The number of rotatable bonds is 4. The van der Waals surface area contributed by atoms with E-state index in [9.17, 15) is 4.39 Å². The van der Waals surface area contributed by atoms with Crippen LogP contribution in [0.3, 0.4) is 0 Å². The number of aryl methyl sites for hydroxylation is 1. The molecule has 0 saturated heterocycles. The van der Waals surface area contributed by atoms with Crippen LogP contribution in [0.25, 0.3) is 11.1 Å². The van der Waals surface area contributed by atoms with E-state index < -0.39 is 11.5 Å². The lowest BCUT2D eigenvalue weighted by Gasteiger charge is -2.28. The summed E-state index contributed by atoms with van der Waals surface area (Å²) in [5, 5.41) is 9.06. The molecule has 0 heterocycles. The number of nitriles is 1. The molecule has 1 unspecified atom stereocenters. The lowest BCUT2D eigenvalue weighted by molar-refractivity contribution is 0.176. The van der Waals surface area contributed by atoms with Crippen molar-refractivity contribution in [1.82, 2.24) is 0 Å². The Kier molecular flexibility index (Phi) is 4.81. The molecule has 0 radical (unpaired) electrons. The van der Waals surface area contributed by atoms with Crippen LogP contribution >= 0.6 is 0 Å². The highest BCUT2D eigenvalue weighted by atomic mass is 19.2. The molecule has 0 aliphatic heterocycles. The summed E-state index contributed by atoms with van der Waals surface area (Å²) in [5.41, 5.74) is 0.392. The topological polar surface area (TPSA) is 23.8 Å². The molecular weight excluding hydrogens is 316 g/mol. The minimum Gasteiger partial charge on any atom is -0.230 e.